The molecule has 0 atom stereocenters. The van der Waals surface area contributed by atoms with Crippen molar-refractivity contribution in [1.82, 2.24) is 4.23 Å². The first kappa shape index (κ1) is 43.4. The zero-order chi connectivity index (χ0) is 31.7. The first-order valence-electron chi connectivity index (χ1n) is 20.5. The van der Waals surface area contributed by atoms with Gasteiger partial charge in [0.25, 0.3) is 0 Å². The lowest BCUT2D eigenvalue weighted by molar-refractivity contribution is 0.530. The summed E-state index contributed by atoms with van der Waals surface area (Å²) in [6, 6.07) is 3.09. The second kappa shape index (κ2) is 33.7. The Kier molecular flexibility index (Phi) is 34.1. The zero-order valence-corrected chi connectivity index (χ0v) is 33.5. The number of rotatable bonds is 36. The van der Waals surface area contributed by atoms with E-state index in [2.05, 4.69) is 44.8 Å². The van der Waals surface area contributed by atoms with Gasteiger partial charge in [0, 0.05) is 0 Å². The molecule has 259 valence electrons. The molecule has 1 radical (unpaired) electrons. The molecule has 0 heterocycles. The van der Waals surface area contributed by atoms with Gasteiger partial charge in [-0.15, -0.1) is 0 Å². The third-order valence-electron chi connectivity index (χ3n) is 10.1. The largest absolute Gasteiger partial charge is 0.349 e. The van der Waals surface area contributed by atoms with Crippen molar-refractivity contribution in [3.05, 3.63) is 0 Å². The summed E-state index contributed by atoms with van der Waals surface area (Å²) in [7, 11) is 1.01. The molecule has 0 aromatic rings. The molecule has 0 spiro atoms. The molecule has 0 rings (SSSR count). The van der Waals surface area contributed by atoms with E-state index in [9.17, 15) is 0 Å². The summed E-state index contributed by atoms with van der Waals surface area (Å²) in [5, 5.41) is 0. The number of hydrogen-bond acceptors (Lipinski definition) is 1. The molecule has 0 saturated carbocycles. The summed E-state index contributed by atoms with van der Waals surface area (Å²) in [5.74, 6) is 0. The van der Waals surface area contributed by atoms with Crippen molar-refractivity contribution in [2.75, 3.05) is 7.05 Å². The van der Waals surface area contributed by atoms with Crippen LogP contribution in [-0.2, 0) is 0 Å². The second-order valence-electron chi connectivity index (χ2n) is 15.4. The van der Waals surface area contributed by atoms with E-state index in [1.165, 1.54) is 205 Å². The smallest absolute Gasteiger partial charge is 0.129 e. The third kappa shape index (κ3) is 32.1. The molecule has 0 bridgehead atoms. The predicted molar refractivity (Wildman–Crippen MR) is 206 cm³/mol. The number of hydrogen-bond donors (Lipinski definition) is 0. The van der Waals surface area contributed by atoms with E-state index >= 15 is 0 Å². The second-order valence-corrected chi connectivity index (χ2v) is 23.7. The van der Waals surface area contributed by atoms with E-state index in [-0.39, 0.29) is 8.96 Å². The number of unbranched alkanes of at least 4 members (excludes halogenated alkanes) is 30. The molecule has 0 amide bonds. The highest BCUT2D eigenvalue weighted by molar-refractivity contribution is 6.83. The Hall–Kier alpha value is 0.394. The fourth-order valence-electron chi connectivity index (χ4n) is 6.69. The molecule has 1 nitrogen and oxygen atoms in total. The Bertz CT molecular complexity index is 481. The molecule has 0 aliphatic carbocycles. The van der Waals surface area contributed by atoms with Gasteiger partial charge in [0.05, 0.1) is 0 Å². The fourth-order valence-corrected chi connectivity index (χ4v) is 13.4. The molecule has 43 heavy (non-hydrogen) atoms. The molecule has 0 aliphatic rings. The average Bonchev–Trinajstić information content (AvgIpc) is 2.98. The van der Waals surface area contributed by atoms with Crippen LogP contribution in [0.25, 0.3) is 0 Å². The van der Waals surface area contributed by atoms with Gasteiger partial charge in [0.2, 0.25) is 0 Å². The highest BCUT2D eigenvalue weighted by Gasteiger charge is 2.27. The van der Waals surface area contributed by atoms with Crippen molar-refractivity contribution in [2.45, 2.75) is 251 Å². The van der Waals surface area contributed by atoms with Crippen molar-refractivity contribution in [3.8, 4) is 0 Å². The lowest BCUT2D eigenvalue weighted by Gasteiger charge is -2.36. The molecule has 0 aromatic heterocycles. The van der Waals surface area contributed by atoms with Crippen molar-refractivity contribution in [1.29, 1.82) is 0 Å². The standard InChI is InChI=1S/C40H86NSi2/c1-7-9-11-13-15-17-19-21-23-25-27-29-31-33-35-37-39-42(41(3)43(4,5)6)40-38-36-34-32-30-28-26-24-22-20-18-16-14-12-10-8-2/h7-40H2,1-6H3. The summed E-state index contributed by atoms with van der Waals surface area (Å²) < 4.78 is 2.94. The molecule has 0 fully saturated rings. The van der Waals surface area contributed by atoms with Gasteiger partial charge in [-0.05, 0) is 19.1 Å². The van der Waals surface area contributed by atoms with Crippen LogP contribution in [0.5, 0.6) is 0 Å². The Morgan fingerprint density at radius 3 is 0.698 bits per heavy atom. The van der Waals surface area contributed by atoms with Gasteiger partial charge < -0.3 is 4.23 Å². The minimum Gasteiger partial charge on any atom is -0.349 e. The van der Waals surface area contributed by atoms with Gasteiger partial charge >= 0.3 is 0 Å². The van der Waals surface area contributed by atoms with E-state index in [1.54, 1.807) is 12.1 Å². The Labute approximate surface area is 278 Å². The van der Waals surface area contributed by atoms with Crippen molar-refractivity contribution in [2.24, 2.45) is 0 Å². The quantitative estimate of drug-likeness (QED) is 0.0488. The first-order valence-corrected chi connectivity index (χ1v) is 25.8. The van der Waals surface area contributed by atoms with Gasteiger partial charge in [0.1, 0.15) is 17.2 Å². The summed E-state index contributed by atoms with van der Waals surface area (Å²) >= 11 is 0. The van der Waals surface area contributed by atoms with Crippen LogP contribution in [0.15, 0.2) is 0 Å². The van der Waals surface area contributed by atoms with Crippen LogP contribution in [0.3, 0.4) is 0 Å². The molecule has 0 aromatic carbocycles. The van der Waals surface area contributed by atoms with Crippen LogP contribution in [0.2, 0.25) is 31.7 Å². The molecule has 0 unspecified atom stereocenters. The van der Waals surface area contributed by atoms with Crippen LogP contribution in [0.1, 0.15) is 219 Å². The molecule has 0 N–H and O–H groups in total. The lowest BCUT2D eigenvalue weighted by atomic mass is 10.0. The third-order valence-corrected chi connectivity index (χ3v) is 17.9. The van der Waals surface area contributed by atoms with Crippen LogP contribution in [-0.4, -0.2) is 28.5 Å². The van der Waals surface area contributed by atoms with Crippen molar-refractivity contribution < 1.29 is 0 Å². The normalized spacial score (nSPS) is 12.3. The SMILES string of the molecule is CCCCCCCCCCCCCCCCCC[Si](CCCCCCCCCCCCCCCCCC)N(C)[Si](C)(C)C. The summed E-state index contributed by atoms with van der Waals surface area (Å²) in [4.78, 5) is 0. The summed E-state index contributed by atoms with van der Waals surface area (Å²) in [6.45, 7) is 12.3. The van der Waals surface area contributed by atoms with Gasteiger partial charge in [-0.1, -0.05) is 239 Å². The van der Waals surface area contributed by atoms with E-state index in [4.69, 9.17) is 0 Å². The number of nitrogens with zero attached hydrogens (tertiary/aromatic N) is 1. The van der Waals surface area contributed by atoms with Crippen LogP contribution < -0.4 is 0 Å². The highest BCUT2D eigenvalue weighted by Crippen LogP contribution is 2.22. The molecule has 0 aliphatic heterocycles. The van der Waals surface area contributed by atoms with Crippen molar-refractivity contribution in [3.63, 3.8) is 0 Å². The molecule has 0 saturated heterocycles. The minimum atomic E-state index is -1.17. The van der Waals surface area contributed by atoms with E-state index in [1.807, 2.05) is 0 Å². The maximum Gasteiger partial charge on any atom is 0.129 e. The van der Waals surface area contributed by atoms with E-state index < -0.39 is 8.24 Å². The van der Waals surface area contributed by atoms with Crippen LogP contribution >= 0.6 is 0 Å². The van der Waals surface area contributed by atoms with Gasteiger partial charge in [-0.2, -0.15) is 0 Å². The minimum absolute atomic E-state index is 0.322. The Morgan fingerprint density at radius 2 is 0.512 bits per heavy atom. The topological polar surface area (TPSA) is 3.24 Å². The Balaban J connectivity index is 3.70. The highest BCUT2D eigenvalue weighted by atomic mass is 28.4. The van der Waals surface area contributed by atoms with Gasteiger partial charge in [0.15, 0.2) is 0 Å². The molecular weight excluding hydrogens is 551 g/mol. The van der Waals surface area contributed by atoms with Gasteiger partial charge in [-0.3, -0.25) is 0 Å². The molecule has 3 heteroatoms. The fraction of sp³-hybridized carbons (Fsp3) is 1.00. The summed E-state index contributed by atoms with van der Waals surface area (Å²) in [6.07, 6.45) is 47.3. The van der Waals surface area contributed by atoms with E-state index in [0.717, 1.165) is 0 Å². The van der Waals surface area contributed by atoms with Gasteiger partial charge in [-0.25, -0.2) is 0 Å². The monoisotopic (exact) mass is 637 g/mol. The Morgan fingerprint density at radius 1 is 0.326 bits per heavy atom. The molecular formula is C40H86NSi2. The van der Waals surface area contributed by atoms with E-state index in [0.29, 0.717) is 0 Å². The zero-order valence-electron chi connectivity index (χ0n) is 31.5. The first-order chi connectivity index (χ1) is 20.9. The van der Waals surface area contributed by atoms with Crippen molar-refractivity contribution >= 4 is 17.2 Å². The van der Waals surface area contributed by atoms with Crippen LogP contribution in [0.4, 0.5) is 0 Å². The predicted octanol–water partition coefficient (Wildman–Crippen LogP) is 15.3. The lowest BCUT2D eigenvalue weighted by Crippen LogP contribution is -2.51. The maximum atomic E-state index is 2.94. The summed E-state index contributed by atoms with van der Waals surface area (Å²) in [5.41, 5.74) is 0. The van der Waals surface area contributed by atoms with Crippen LogP contribution in [0, 0.1) is 0 Å². The average molecular weight is 637 g/mol. The maximum absolute atomic E-state index is 2.94.